The molecule has 3 N–H and O–H groups in total. The third-order valence-corrected chi connectivity index (χ3v) is 5.25. The van der Waals surface area contributed by atoms with Gasteiger partial charge in [-0.1, -0.05) is 13.0 Å². The Kier molecular flexibility index (Phi) is 6.86. The van der Waals surface area contributed by atoms with Gasteiger partial charge in [0.2, 0.25) is 5.88 Å². The Labute approximate surface area is 200 Å². The van der Waals surface area contributed by atoms with Gasteiger partial charge in [-0.05, 0) is 54.4 Å². The molecule has 0 saturated carbocycles. The highest BCUT2D eigenvalue weighted by Gasteiger charge is 2.19. The number of benzene rings is 2. The number of aromatic hydroxyl groups is 2. The van der Waals surface area contributed by atoms with Crippen LogP contribution in [0.1, 0.15) is 34.8 Å². The van der Waals surface area contributed by atoms with Crippen LogP contribution in [0.5, 0.6) is 23.1 Å². The smallest absolute Gasteiger partial charge is 0.341 e. The van der Waals surface area contributed by atoms with E-state index in [1.54, 1.807) is 47.2 Å². The number of pyridine rings is 1. The van der Waals surface area contributed by atoms with E-state index in [4.69, 9.17) is 14.6 Å². The monoisotopic (exact) mass is 476 g/mol. The number of aromatic nitrogens is 2. The molecule has 9 heteroatoms. The molecule has 2 aromatic heterocycles. The van der Waals surface area contributed by atoms with E-state index >= 15 is 0 Å². The van der Waals surface area contributed by atoms with Gasteiger partial charge in [-0.3, -0.25) is 4.79 Å². The molecule has 2 aromatic carbocycles. The number of nitrogens with zero attached hydrogens (tertiary/aromatic N) is 2. The lowest BCUT2D eigenvalue weighted by atomic mass is 10.0. The summed E-state index contributed by atoms with van der Waals surface area (Å²) in [5, 5.41) is 29.1. The fraction of sp³-hybridized carbons (Fsp3) is 0.192. The van der Waals surface area contributed by atoms with Crippen molar-refractivity contribution in [1.82, 2.24) is 9.55 Å². The van der Waals surface area contributed by atoms with Crippen molar-refractivity contribution in [1.29, 1.82) is 0 Å². The second-order valence-corrected chi connectivity index (χ2v) is 7.90. The van der Waals surface area contributed by atoms with E-state index in [1.807, 2.05) is 6.92 Å². The fourth-order valence-corrected chi connectivity index (χ4v) is 3.61. The molecule has 9 nitrogen and oxygen atoms in total. The third kappa shape index (κ3) is 5.35. The van der Waals surface area contributed by atoms with Crippen molar-refractivity contribution in [3.63, 3.8) is 0 Å². The first-order valence-corrected chi connectivity index (χ1v) is 11.0. The predicted molar refractivity (Wildman–Crippen MR) is 127 cm³/mol. The summed E-state index contributed by atoms with van der Waals surface area (Å²) in [5.74, 6) is -1.03. The summed E-state index contributed by atoms with van der Waals surface area (Å²) < 4.78 is 12.6. The largest absolute Gasteiger partial charge is 0.508 e. The number of carboxylic acids is 1. The number of carboxylic acid groups (broad SMARTS) is 1. The van der Waals surface area contributed by atoms with Crippen molar-refractivity contribution >= 4 is 22.8 Å². The topological polar surface area (TPSA) is 131 Å². The highest BCUT2D eigenvalue weighted by molar-refractivity contribution is 6.16. The van der Waals surface area contributed by atoms with Crippen LogP contribution in [0.2, 0.25) is 0 Å². The van der Waals surface area contributed by atoms with Crippen molar-refractivity contribution in [2.45, 2.75) is 19.9 Å². The Morgan fingerprint density at radius 1 is 1.00 bits per heavy atom. The minimum Gasteiger partial charge on any atom is -0.508 e. The number of rotatable bonds is 10. The number of aliphatic carboxylic acids is 1. The van der Waals surface area contributed by atoms with E-state index in [0.29, 0.717) is 40.2 Å². The van der Waals surface area contributed by atoms with Gasteiger partial charge in [0, 0.05) is 35.3 Å². The van der Waals surface area contributed by atoms with E-state index in [2.05, 4.69) is 4.98 Å². The van der Waals surface area contributed by atoms with Crippen LogP contribution in [0.25, 0.3) is 11.0 Å². The van der Waals surface area contributed by atoms with Crippen molar-refractivity contribution in [2.24, 2.45) is 0 Å². The number of ether oxygens (including phenoxy) is 2. The van der Waals surface area contributed by atoms with Gasteiger partial charge in [-0.15, -0.1) is 0 Å². The van der Waals surface area contributed by atoms with Crippen LogP contribution in [-0.2, 0) is 11.3 Å². The van der Waals surface area contributed by atoms with Crippen molar-refractivity contribution < 1.29 is 34.4 Å². The maximum atomic E-state index is 13.3. The summed E-state index contributed by atoms with van der Waals surface area (Å²) in [6.45, 7) is 2.17. The zero-order valence-electron chi connectivity index (χ0n) is 19.0. The van der Waals surface area contributed by atoms with Gasteiger partial charge in [-0.2, -0.15) is 4.98 Å². The van der Waals surface area contributed by atoms with E-state index in [0.717, 1.165) is 6.42 Å². The lowest BCUT2D eigenvalue weighted by Gasteiger charge is -2.10. The molecule has 0 saturated heterocycles. The maximum absolute atomic E-state index is 13.3. The minimum atomic E-state index is -1.16. The Morgan fingerprint density at radius 3 is 2.49 bits per heavy atom. The first-order chi connectivity index (χ1) is 16.9. The number of phenolic OH excluding ortho intramolecular Hbond substituents is 2. The molecule has 35 heavy (non-hydrogen) atoms. The zero-order chi connectivity index (χ0) is 24.9. The summed E-state index contributed by atoms with van der Waals surface area (Å²) in [6, 6.07) is 14.2. The van der Waals surface area contributed by atoms with E-state index in [1.165, 1.54) is 18.2 Å². The zero-order valence-corrected chi connectivity index (χ0v) is 19.0. The lowest BCUT2D eigenvalue weighted by Crippen LogP contribution is -2.10. The van der Waals surface area contributed by atoms with Gasteiger partial charge in [0.15, 0.2) is 23.9 Å². The van der Waals surface area contributed by atoms with Gasteiger partial charge >= 0.3 is 5.97 Å². The summed E-state index contributed by atoms with van der Waals surface area (Å²) in [6.07, 6.45) is 2.51. The number of hydrogen-bond donors (Lipinski definition) is 3. The number of hydrogen-bond acceptors (Lipinski definition) is 7. The minimum absolute atomic E-state index is 0.0432. The molecule has 0 atom stereocenters. The van der Waals surface area contributed by atoms with Gasteiger partial charge in [0.25, 0.3) is 0 Å². The molecule has 4 aromatic rings. The first-order valence-electron chi connectivity index (χ1n) is 11.0. The Hall–Kier alpha value is -4.53. The number of carbonyl (C=O) groups is 2. The average molecular weight is 476 g/mol. The maximum Gasteiger partial charge on any atom is 0.341 e. The molecular weight excluding hydrogens is 452 g/mol. The molecule has 0 fully saturated rings. The van der Waals surface area contributed by atoms with Crippen molar-refractivity contribution in [3.8, 4) is 23.1 Å². The molecule has 0 unspecified atom stereocenters. The lowest BCUT2D eigenvalue weighted by molar-refractivity contribution is -0.139. The summed E-state index contributed by atoms with van der Waals surface area (Å²) in [7, 11) is 0. The first kappa shape index (κ1) is 23.6. The Morgan fingerprint density at radius 2 is 1.77 bits per heavy atom. The average Bonchev–Trinajstić information content (AvgIpc) is 3.20. The molecule has 0 bridgehead atoms. The van der Waals surface area contributed by atoms with Crippen LogP contribution in [0, 0.1) is 0 Å². The molecule has 0 aliphatic carbocycles. The number of carbonyl (C=O) groups excluding carboxylic acids is 1. The summed E-state index contributed by atoms with van der Waals surface area (Å²) in [5.41, 5.74) is 2.08. The van der Waals surface area contributed by atoms with Crippen LogP contribution in [0.4, 0.5) is 0 Å². The van der Waals surface area contributed by atoms with Crippen LogP contribution >= 0.6 is 0 Å². The van der Waals surface area contributed by atoms with Crippen molar-refractivity contribution in [2.75, 3.05) is 13.2 Å². The molecular formula is C26H24N2O7. The fourth-order valence-electron chi connectivity index (χ4n) is 3.61. The van der Waals surface area contributed by atoms with E-state index in [-0.39, 0.29) is 29.6 Å². The van der Waals surface area contributed by atoms with Crippen LogP contribution in [0.15, 0.2) is 60.8 Å². The number of ketones is 1. The Bertz CT molecular complexity index is 1380. The second kappa shape index (κ2) is 10.2. The molecule has 0 aliphatic rings. The highest BCUT2D eigenvalue weighted by Crippen LogP contribution is 2.30. The van der Waals surface area contributed by atoms with E-state index < -0.39 is 12.6 Å². The second-order valence-electron chi connectivity index (χ2n) is 7.90. The SMILES string of the molecule is CCCOc1ccc2c(C(=O)c3ccc(O)cc3)cn(Cc3ccc(O)c(OCC(=O)O)c3)c2n1. The van der Waals surface area contributed by atoms with Crippen LogP contribution in [-0.4, -0.2) is 49.8 Å². The van der Waals surface area contributed by atoms with E-state index in [9.17, 15) is 19.8 Å². The normalized spacial score (nSPS) is 10.9. The van der Waals surface area contributed by atoms with Crippen molar-refractivity contribution in [3.05, 3.63) is 77.5 Å². The van der Waals surface area contributed by atoms with Crippen LogP contribution < -0.4 is 9.47 Å². The molecule has 0 spiro atoms. The predicted octanol–water partition coefficient (Wildman–Crippen LogP) is 3.98. The van der Waals surface area contributed by atoms with Gasteiger partial charge in [0.05, 0.1) is 6.61 Å². The number of fused-ring (bicyclic) bond motifs is 1. The summed E-state index contributed by atoms with van der Waals surface area (Å²) >= 11 is 0. The van der Waals surface area contributed by atoms with Gasteiger partial charge in [0.1, 0.15) is 11.4 Å². The molecule has 0 amide bonds. The third-order valence-electron chi connectivity index (χ3n) is 5.25. The van der Waals surface area contributed by atoms with Gasteiger partial charge < -0.3 is 29.4 Å². The van der Waals surface area contributed by atoms with Gasteiger partial charge in [-0.25, -0.2) is 4.79 Å². The quantitative estimate of drug-likeness (QED) is 0.293. The standard InChI is InChI=1S/C26H24N2O7/c1-2-11-34-23-10-8-19-20(25(33)17-4-6-18(29)7-5-17)14-28(26(19)27-23)13-16-3-9-21(30)22(12-16)35-15-24(31)32/h3-10,12,14,29-30H,2,11,13,15H2,1H3,(H,31,32). The molecule has 4 rings (SSSR count). The molecule has 2 heterocycles. The van der Waals surface area contributed by atoms with Crippen LogP contribution in [0.3, 0.4) is 0 Å². The summed E-state index contributed by atoms with van der Waals surface area (Å²) in [4.78, 5) is 28.7. The molecule has 0 aliphatic heterocycles. The molecule has 0 radical (unpaired) electrons. The molecule has 180 valence electrons. The highest BCUT2D eigenvalue weighted by atomic mass is 16.5. The number of phenols is 2. The Balaban J connectivity index is 1.74.